The zero-order chi connectivity index (χ0) is 14.1. The van der Waals surface area contributed by atoms with E-state index in [9.17, 15) is 9.59 Å². The summed E-state index contributed by atoms with van der Waals surface area (Å²) in [6.07, 6.45) is 0. The first-order valence-corrected chi connectivity index (χ1v) is 6.43. The van der Waals surface area contributed by atoms with Crippen LogP contribution < -0.4 is 10.6 Å². The number of nitrogens with one attached hydrogen (secondary N) is 2. The fraction of sp³-hybridized carbons (Fsp3) is 0.125. The van der Waals surface area contributed by atoms with Gasteiger partial charge in [0.1, 0.15) is 0 Å². The molecule has 0 aliphatic carbocycles. The molecule has 20 heavy (non-hydrogen) atoms. The Morgan fingerprint density at radius 1 is 1.20 bits per heavy atom. The third-order valence-corrected chi connectivity index (χ3v) is 3.44. The standard InChI is InChI=1S/C16H14N2O2/c1-10-4-2-3-5-13(10)16(20)18-12-7-6-11-9-17-15(19)14(11)8-12/h2-8H,9H2,1H3,(H,17,19)(H,18,20). The third-order valence-electron chi connectivity index (χ3n) is 3.44. The number of rotatable bonds is 2. The van der Waals surface area contributed by atoms with Crippen molar-refractivity contribution in [1.29, 1.82) is 0 Å². The highest BCUT2D eigenvalue weighted by Crippen LogP contribution is 2.21. The summed E-state index contributed by atoms with van der Waals surface area (Å²) in [5.41, 5.74) is 3.78. The van der Waals surface area contributed by atoms with Gasteiger partial charge in [-0.25, -0.2) is 0 Å². The highest BCUT2D eigenvalue weighted by Gasteiger charge is 2.19. The van der Waals surface area contributed by atoms with Crippen LogP contribution in [0.4, 0.5) is 5.69 Å². The zero-order valence-electron chi connectivity index (χ0n) is 11.1. The number of hydrogen-bond donors (Lipinski definition) is 2. The third kappa shape index (κ3) is 2.16. The van der Waals surface area contributed by atoms with E-state index in [0.717, 1.165) is 11.1 Å². The normalized spacial score (nSPS) is 12.8. The first kappa shape index (κ1) is 12.4. The number of anilines is 1. The van der Waals surface area contributed by atoms with Crippen molar-refractivity contribution in [2.24, 2.45) is 0 Å². The molecule has 3 rings (SSSR count). The van der Waals surface area contributed by atoms with Crippen LogP contribution in [0, 0.1) is 6.92 Å². The van der Waals surface area contributed by atoms with Crippen molar-refractivity contribution < 1.29 is 9.59 Å². The minimum absolute atomic E-state index is 0.0907. The molecule has 4 nitrogen and oxygen atoms in total. The molecule has 4 heteroatoms. The molecule has 0 fully saturated rings. The molecule has 2 aromatic rings. The topological polar surface area (TPSA) is 58.2 Å². The van der Waals surface area contributed by atoms with E-state index >= 15 is 0 Å². The molecule has 1 aliphatic heterocycles. The summed E-state index contributed by atoms with van der Waals surface area (Å²) in [5.74, 6) is -0.256. The predicted octanol–water partition coefficient (Wildman–Crippen LogP) is 2.49. The van der Waals surface area contributed by atoms with Crippen LogP contribution in [0.25, 0.3) is 0 Å². The molecule has 0 unspecified atom stereocenters. The second kappa shape index (κ2) is 4.81. The molecule has 0 saturated heterocycles. The summed E-state index contributed by atoms with van der Waals surface area (Å²) in [7, 11) is 0. The van der Waals surface area contributed by atoms with Crippen molar-refractivity contribution in [2.45, 2.75) is 13.5 Å². The Hall–Kier alpha value is -2.62. The lowest BCUT2D eigenvalue weighted by molar-refractivity contribution is 0.0964. The molecule has 2 aromatic carbocycles. The second-order valence-electron chi connectivity index (χ2n) is 4.82. The van der Waals surface area contributed by atoms with Gasteiger partial charge in [0.25, 0.3) is 11.8 Å². The molecular formula is C16H14N2O2. The van der Waals surface area contributed by atoms with Crippen LogP contribution in [0.5, 0.6) is 0 Å². The van der Waals surface area contributed by atoms with Crippen molar-refractivity contribution >= 4 is 17.5 Å². The Bertz CT molecular complexity index is 707. The maximum absolute atomic E-state index is 12.2. The number of hydrogen-bond acceptors (Lipinski definition) is 2. The molecule has 0 atom stereocenters. The Balaban J connectivity index is 1.86. The number of carbonyl (C=O) groups excluding carboxylic acids is 2. The SMILES string of the molecule is Cc1ccccc1C(=O)Nc1ccc2c(c1)C(=O)NC2. The van der Waals surface area contributed by atoms with Crippen LogP contribution in [-0.2, 0) is 6.54 Å². The molecule has 1 aliphatic rings. The molecule has 1 heterocycles. The molecule has 2 N–H and O–H groups in total. The predicted molar refractivity (Wildman–Crippen MR) is 76.7 cm³/mol. The van der Waals surface area contributed by atoms with Gasteiger partial charge in [-0.2, -0.15) is 0 Å². The number of fused-ring (bicyclic) bond motifs is 1. The van der Waals surface area contributed by atoms with E-state index in [1.165, 1.54) is 0 Å². The summed E-state index contributed by atoms with van der Waals surface area (Å²) >= 11 is 0. The largest absolute Gasteiger partial charge is 0.348 e. The Kier molecular flexibility index (Phi) is 2.99. The molecular weight excluding hydrogens is 252 g/mol. The van der Waals surface area contributed by atoms with Gasteiger partial charge in [0.15, 0.2) is 0 Å². The van der Waals surface area contributed by atoms with E-state index in [4.69, 9.17) is 0 Å². The van der Waals surface area contributed by atoms with E-state index in [0.29, 0.717) is 23.4 Å². The van der Waals surface area contributed by atoms with Crippen molar-refractivity contribution in [3.05, 3.63) is 64.7 Å². The number of aryl methyl sites for hydroxylation is 1. The summed E-state index contributed by atoms with van der Waals surface area (Å²) in [5, 5.41) is 5.59. The smallest absolute Gasteiger partial charge is 0.255 e. The van der Waals surface area contributed by atoms with Gasteiger partial charge in [-0.05, 0) is 36.2 Å². The summed E-state index contributed by atoms with van der Waals surface area (Å²) in [4.78, 5) is 23.8. The van der Waals surface area contributed by atoms with Crippen molar-refractivity contribution in [3.63, 3.8) is 0 Å². The van der Waals surface area contributed by atoms with Crippen molar-refractivity contribution in [3.8, 4) is 0 Å². The Labute approximate surface area is 116 Å². The number of amides is 2. The van der Waals surface area contributed by atoms with Gasteiger partial charge >= 0.3 is 0 Å². The van der Waals surface area contributed by atoms with Gasteiger partial charge in [0, 0.05) is 23.4 Å². The lowest BCUT2D eigenvalue weighted by Gasteiger charge is -2.08. The van der Waals surface area contributed by atoms with Crippen LogP contribution in [-0.4, -0.2) is 11.8 Å². The molecule has 0 aromatic heterocycles. The molecule has 0 radical (unpaired) electrons. The number of carbonyl (C=O) groups is 2. The van der Waals surface area contributed by atoms with E-state index in [1.807, 2.05) is 37.3 Å². The maximum atomic E-state index is 12.2. The molecule has 2 amide bonds. The second-order valence-corrected chi connectivity index (χ2v) is 4.82. The van der Waals surface area contributed by atoms with Gasteiger partial charge < -0.3 is 10.6 Å². The van der Waals surface area contributed by atoms with Crippen LogP contribution in [0.15, 0.2) is 42.5 Å². The summed E-state index contributed by atoms with van der Waals surface area (Å²) < 4.78 is 0. The van der Waals surface area contributed by atoms with Crippen LogP contribution in [0.2, 0.25) is 0 Å². The highest BCUT2D eigenvalue weighted by atomic mass is 16.2. The van der Waals surface area contributed by atoms with Crippen LogP contribution in [0.3, 0.4) is 0 Å². The first-order chi connectivity index (χ1) is 9.65. The van der Waals surface area contributed by atoms with Gasteiger partial charge in [0.2, 0.25) is 0 Å². The minimum atomic E-state index is -0.165. The lowest BCUT2D eigenvalue weighted by atomic mass is 10.1. The van der Waals surface area contributed by atoms with Crippen molar-refractivity contribution in [2.75, 3.05) is 5.32 Å². The Morgan fingerprint density at radius 2 is 2.00 bits per heavy atom. The highest BCUT2D eigenvalue weighted by molar-refractivity contribution is 6.06. The fourth-order valence-corrected chi connectivity index (χ4v) is 2.32. The van der Waals surface area contributed by atoms with E-state index in [1.54, 1.807) is 12.1 Å². The minimum Gasteiger partial charge on any atom is -0.348 e. The van der Waals surface area contributed by atoms with Gasteiger partial charge in [0.05, 0.1) is 0 Å². The molecule has 0 spiro atoms. The lowest BCUT2D eigenvalue weighted by Crippen LogP contribution is -2.14. The first-order valence-electron chi connectivity index (χ1n) is 6.43. The van der Waals surface area contributed by atoms with Gasteiger partial charge in [-0.1, -0.05) is 24.3 Å². The van der Waals surface area contributed by atoms with E-state index in [2.05, 4.69) is 10.6 Å². The molecule has 100 valence electrons. The maximum Gasteiger partial charge on any atom is 0.255 e. The quantitative estimate of drug-likeness (QED) is 0.877. The average molecular weight is 266 g/mol. The number of benzene rings is 2. The van der Waals surface area contributed by atoms with Crippen LogP contribution >= 0.6 is 0 Å². The molecule has 0 bridgehead atoms. The van der Waals surface area contributed by atoms with Crippen molar-refractivity contribution in [1.82, 2.24) is 5.32 Å². The average Bonchev–Trinajstić information content (AvgIpc) is 2.81. The monoisotopic (exact) mass is 266 g/mol. The van der Waals surface area contributed by atoms with Gasteiger partial charge in [-0.3, -0.25) is 9.59 Å². The Morgan fingerprint density at radius 3 is 2.80 bits per heavy atom. The summed E-state index contributed by atoms with van der Waals surface area (Å²) in [6.45, 7) is 2.45. The summed E-state index contributed by atoms with van der Waals surface area (Å²) in [6, 6.07) is 12.8. The van der Waals surface area contributed by atoms with E-state index < -0.39 is 0 Å². The fourth-order valence-electron chi connectivity index (χ4n) is 2.32. The van der Waals surface area contributed by atoms with E-state index in [-0.39, 0.29) is 11.8 Å². The van der Waals surface area contributed by atoms with Crippen LogP contribution in [0.1, 0.15) is 31.8 Å². The zero-order valence-corrected chi connectivity index (χ0v) is 11.1. The molecule has 0 saturated carbocycles. The van der Waals surface area contributed by atoms with Gasteiger partial charge in [-0.15, -0.1) is 0 Å².